The molecule has 1 aromatic carbocycles. The Hall–Kier alpha value is -3.29. The van der Waals surface area contributed by atoms with E-state index in [1.165, 1.54) is 0 Å². The van der Waals surface area contributed by atoms with Crippen LogP contribution >= 0.6 is 0 Å². The van der Waals surface area contributed by atoms with Gasteiger partial charge in [-0.25, -0.2) is 0 Å². The van der Waals surface area contributed by atoms with Crippen molar-refractivity contribution in [3.8, 4) is 11.5 Å². The zero-order valence-corrected chi connectivity index (χ0v) is 18.5. The van der Waals surface area contributed by atoms with Crippen molar-refractivity contribution < 1.29 is 28.3 Å². The van der Waals surface area contributed by atoms with Gasteiger partial charge < -0.3 is 13.9 Å². The molecule has 1 atom stereocenters. The van der Waals surface area contributed by atoms with Gasteiger partial charge >= 0.3 is 5.91 Å². The van der Waals surface area contributed by atoms with Crippen molar-refractivity contribution in [1.82, 2.24) is 10.9 Å². The third-order valence-electron chi connectivity index (χ3n) is 5.10. The third kappa shape index (κ3) is 5.07. The van der Waals surface area contributed by atoms with Crippen molar-refractivity contribution in [2.24, 2.45) is 5.41 Å². The number of amides is 2. The highest BCUT2D eigenvalue weighted by atomic mass is 16.5. The van der Waals surface area contributed by atoms with E-state index in [-0.39, 0.29) is 17.0 Å². The molecule has 1 aromatic heterocycles. The maximum atomic E-state index is 12.6. The summed E-state index contributed by atoms with van der Waals surface area (Å²) in [6.45, 7) is 9.66. The minimum absolute atomic E-state index is 0.0245. The Kier molecular flexibility index (Phi) is 6.38. The number of ketones is 1. The number of fused-ring (bicyclic) bond motifs is 1. The monoisotopic (exact) mass is 428 g/mol. The van der Waals surface area contributed by atoms with Gasteiger partial charge in [-0.2, -0.15) is 0 Å². The number of carbonyl (C=O) groups is 3. The van der Waals surface area contributed by atoms with E-state index < -0.39 is 17.9 Å². The summed E-state index contributed by atoms with van der Waals surface area (Å²) in [5.74, 6) is 0.546. The van der Waals surface area contributed by atoms with Gasteiger partial charge in [0.15, 0.2) is 17.6 Å². The Balaban J connectivity index is 1.59. The lowest BCUT2D eigenvalue weighted by Gasteiger charge is -2.27. The molecule has 166 valence electrons. The molecular weight excluding hydrogens is 400 g/mol. The minimum atomic E-state index is -0.855. The van der Waals surface area contributed by atoms with Crippen LogP contribution in [0.15, 0.2) is 28.7 Å². The summed E-state index contributed by atoms with van der Waals surface area (Å²) in [6.07, 6.45) is 0.117. The summed E-state index contributed by atoms with van der Waals surface area (Å²) in [4.78, 5) is 37.3. The van der Waals surface area contributed by atoms with Crippen LogP contribution in [0.25, 0.3) is 0 Å². The van der Waals surface area contributed by atoms with Crippen LogP contribution in [0.1, 0.15) is 66.4 Å². The molecule has 0 fully saturated rings. The first kappa shape index (κ1) is 22.4. The van der Waals surface area contributed by atoms with Crippen molar-refractivity contribution >= 4 is 17.6 Å². The zero-order chi connectivity index (χ0) is 22.8. The van der Waals surface area contributed by atoms with E-state index in [9.17, 15) is 14.4 Å². The second kappa shape index (κ2) is 8.83. The Labute approximate surface area is 181 Å². The highest BCUT2D eigenvalue weighted by Gasteiger charge is 2.37. The Morgan fingerprint density at radius 2 is 1.77 bits per heavy atom. The van der Waals surface area contributed by atoms with E-state index >= 15 is 0 Å². The molecule has 31 heavy (non-hydrogen) atoms. The predicted octanol–water partition coefficient (Wildman–Crippen LogP) is 3.37. The zero-order valence-electron chi connectivity index (χ0n) is 18.5. The second-order valence-electron chi connectivity index (χ2n) is 8.40. The maximum Gasteiger partial charge on any atom is 0.305 e. The van der Waals surface area contributed by atoms with Crippen LogP contribution in [0, 0.1) is 12.3 Å². The molecule has 2 aromatic rings. The van der Waals surface area contributed by atoms with Crippen LogP contribution in [0.2, 0.25) is 0 Å². The normalized spacial score (nSPS) is 15.6. The fraction of sp³-hybridized carbons (Fsp3) is 0.435. The number of furan rings is 1. The molecule has 8 nitrogen and oxygen atoms in total. The lowest BCUT2D eigenvalue weighted by molar-refractivity contribution is -0.128. The summed E-state index contributed by atoms with van der Waals surface area (Å²) >= 11 is 0. The van der Waals surface area contributed by atoms with Crippen molar-refractivity contribution in [3.63, 3.8) is 0 Å². The quantitative estimate of drug-likeness (QED) is 0.683. The molecule has 0 unspecified atom stereocenters. The van der Waals surface area contributed by atoms with E-state index in [1.54, 1.807) is 38.1 Å². The highest BCUT2D eigenvalue weighted by molar-refractivity contribution is 6.04. The van der Waals surface area contributed by atoms with E-state index in [0.717, 1.165) is 0 Å². The molecule has 2 amide bonds. The number of hydrazine groups is 1. The molecule has 0 spiro atoms. The van der Waals surface area contributed by atoms with Gasteiger partial charge in [0.05, 0.1) is 12.2 Å². The van der Waals surface area contributed by atoms with Crippen LogP contribution in [0.4, 0.5) is 0 Å². The summed E-state index contributed by atoms with van der Waals surface area (Å²) in [7, 11) is 0. The molecule has 0 aliphatic heterocycles. The molecule has 0 bridgehead atoms. The topological polar surface area (TPSA) is 107 Å². The van der Waals surface area contributed by atoms with Gasteiger partial charge in [-0.1, -0.05) is 13.8 Å². The van der Waals surface area contributed by atoms with Crippen molar-refractivity contribution in [3.05, 3.63) is 46.9 Å². The van der Waals surface area contributed by atoms with E-state index in [2.05, 4.69) is 10.9 Å². The van der Waals surface area contributed by atoms with Gasteiger partial charge in [0.1, 0.15) is 17.3 Å². The van der Waals surface area contributed by atoms with Crippen LogP contribution < -0.4 is 20.3 Å². The molecule has 1 heterocycles. The lowest BCUT2D eigenvalue weighted by atomic mass is 9.76. The first-order chi connectivity index (χ1) is 14.6. The Morgan fingerprint density at radius 1 is 1.13 bits per heavy atom. The fourth-order valence-electron chi connectivity index (χ4n) is 3.61. The van der Waals surface area contributed by atoms with Crippen LogP contribution in [-0.4, -0.2) is 30.3 Å². The first-order valence-electron chi connectivity index (χ1n) is 10.3. The lowest BCUT2D eigenvalue weighted by Crippen LogP contribution is -2.47. The van der Waals surface area contributed by atoms with Gasteiger partial charge in [-0.3, -0.25) is 25.2 Å². The molecule has 2 N–H and O–H groups in total. The maximum absolute atomic E-state index is 12.6. The first-order valence-corrected chi connectivity index (χ1v) is 10.3. The number of rotatable bonds is 6. The second-order valence-corrected chi connectivity index (χ2v) is 8.40. The molecular formula is C23H28N2O6. The Morgan fingerprint density at radius 3 is 2.42 bits per heavy atom. The summed E-state index contributed by atoms with van der Waals surface area (Å²) in [6, 6.07) is 6.88. The van der Waals surface area contributed by atoms with Gasteiger partial charge in [-0.15, -0.1) is 0 Å². The van der Waals surface area contributed by atoms with Crippen LogP contribution in [-0.2, 0) is 11.2 Å². The van der Waals surface area contributed by atoms with Gasteiger partial charge in [0, 0.05) is 18.4 Å². The van der Waals surface area contributed by atoms with E-state index in [0.29, 0.717) is 47.8 Å². The smallest absolute Gasteiger partial charge is 0.305 e. The molecule has 0 saturated heterocycles. The predicted molar refractivity (Wildman–Crippen MR) is 113 cm³/mol. The molecule has 0 radical (unpaired) electrons. The average molecular weight is 428 g/mol. The highest BCUT2D eigenvalue weighted by Crippen LogP contribution is 2.38. The van der Waals surface area contributed by atoms with Gasteiger partial charge in [0.25, 0.3) is 5.91 Å². The third-order valence-corrected chi connectivity index (χ3v) is 5.10. The fourth-order valence-corrected chi connectivity index (χ4v) is 3.61. The SMILES string of the molecule is CCOc1ccc(O[C@@H](C)C(=O)NNC(=O)c2oc3c(c2C)C(=O)CC(C)(C)C3)cc1. The number of benzene rings is 1. The van der Waals surface area contributed by atoms with Gasteiger partial charge in [0.2, 0.25) is 0 Å². The van der Waals surface area contributed by atoms with Crippen molar-refractivity contribution in [2.75, 3.05) is 6.61 Å². The number of nitrogens with one attached hydrogen (secondary N) is 2. The molecule has 1 aliphatic rings. The number of carbonyl (C=O) groups excluding carboxylic acids is 3. The largest absolute Gasteiger partial charge is 0.494 e. The summed E-state index contributed by atoms with van der Waals surface area (Å²) < 4.78 is 16.6. The van der Waals surface area contributed by atoms with Crippen molar-refractivity contribution in [1.29, 1.82) is 0 Å². The molecule has 8 heteroatoms. The number of Topliss-reactive ketones (excluding diaryl/α,β-unsaturated/α-hetero) is 1. The number of ether oxygens (including phenoxy) is 2. The van der Waals surface area contributed by atoms with Crippen LogP contribution in [0.5, 0.6) is 11.5 Å². The molecule has 1 aliphatic carbocycles. The standard InChI is InChI=1S/C23H28N2O6/c1-6-29-15-7-9-16(10-8-15)30-14(3)21(27)24-25-22(28)20-13(2)19-17(26)11-23(4,5)12-18(19)31-20/h7-10,14H,6,11-12H2,1-5H3,(H,24,27)(H,25,28)/t14-/m0/s1. The minimum Gasteiger partial charge on any atom is -0.494 e. The molecule has 3 rings (SSSR count). The average Bonchev–Trinajstić information content (AvgIpc) is 3.02. The van der Waals surface area contributed by atoms with E-state index in [4.69, 9.17) is 13.9 Å². The number of hydrogen-bond donors (Lipinski definition) is 2. The number of hydrogen-bond acceptors (Lipinski definition) is 6. The van der Waals surface area contributed by atoms with E-state index in [1.807, 2.05) is 20.8 Å². The van der Waals surface area contributed by atoms with Gasteiger partial charge in [-0.05, 0) is 50.5 Å². The van der Waals surface area contributed by atoms with Crippen molar-refractivity contribution in [2.45, 2.75) is 53.6 Å². The summed E-state index contributed by atoms with van der Waals surface area (Å²) in [5.41, 5.74) is 5.41. The van der Waals surface area contributed by atoms with Crippen LogP contribution in [0.3, 0.4) is 0 Å². The summed E-state index contributed by atoms with van der Waals surface area (Å²) in [5, 5.41) is 0. The Bertz CT molecular complexity index is 990. The molecule has 0 saturated carbocycles.